The summed E-state index contributed by atoms with van der Waals surface area (Å²) in [6.45, 7) is 2.12. The number of benzene rings is 1. The molecule has 1 atom stereocenters. The second kappa shape index (κ2) is 4.84. The van der Waals surface area contributed by atoms with Crippen molar-refractivity contribution in [2.24, 2.45) is 0 Å². The van der Waals surface area contributed by atoms with Crippen molar-refractivity contribution in [3.8, 4) is 0 Å². The van der Waals surface area contributed by atoms with E-state index in [0.717, 1.165) is 22.8 Å². The van der Waals surface area contributed by atoms with Crippen molar-refractivity contribution in [1.82, 2.24) is 19.9 Å². The summed E-state index contributed by atoms with van der Waals surface area (Å²) in [6.07, 6.45) is 4.02. The molecular weight excluding hydrogens is 262 g/mol. The number of nitrogens with zero attached hydrogens (tertiary/aromatic N) is 3. The van der Waals surface area contributed by atoms with Gasteiger partial charge < -0.3 is 10.3 Å². The van der Waals surface area contributed by atoms with Crippen molar-refractivity contribution in [2.45, 2.75) is 31.7 Å². The van der Waals surface area contributed by atoms with Gasteiger partial charge in [0.15, 0.2) is 17.0 Å². The number of hydrogen-bond acceptors (Lipinski definition) is 4. The Hall–Kier alpha value is -2.43. The van der Waals surface area contributed by atoms with Crippen LogP contribution in [0.25, 0.3) is 11.2 Å². The molecule has 106 valence electrons. The van der Waals surface area contributed by atoms with E-state index in [1.165, 1.54) is 18.4 Å². The summed E-state index contributed by atoms with van der Waals surface area (Å²) in [5.41, 5.74) is 2.87. The highest BCUT2D eigenvalue weighted by atomic mass is 15.1. The molecule has 21 heavy (non-hydrogen) atoms. The quantitative estimate of drug-likeness (QED) is 0.768. The van der Waals surface area contributed by atoms with Gasteiger partial charge in [-0.1, -0.05) is 30.3 Å². The minimum Gasteiger partial charge on any atom is -0.362 e. The first-order chi connectivity index (χ1) is 10.3. The van der Waals surface area contributed by atoms with Crippen LogP contribution in [0.2, 0.25) is 0 Å². The topological polar surface area (TPSA) is 66.5 Å². The molecule has 0 radical (unpaired) electrons. The summed E-state index contributed by atoms with van der Waals surface area (Å²) in [6, 6.07) is 10.5. The SMILES string of the molecule is C[C@H](Nc1ncnc2[nH]c(C3CC3)nc12)c1ccccc1. The first kappa shape index (κ1) is 12.3. The summed E-state index contributed by atoms with van der Waals surface area (Å²) >= 11 is 0. The minimum absolute atomic E-state index is 0.172. The molecule has 0 spiro atoms. The third-order valence-corrected chi connectivity index (χ3v) is 3.92. The fraction of sp³-hybridized carbons (Fsp3) is 0.312. The smallest absolute Gasteiger partial charge is 0.163 e. The predicted molar refractivity (Wildman–Crippen MR) is 82.1 cm³/mol. The zero-order valence-electron chi connectivity index (χ0n) is 11.9. The van der Waals surface area contributed by atoms with E-state index in [-0.39, 0.29) is 6.04 Å². The third kappa shape index (κ3) is 2.35. The van der Waals surface area contributed by atoms with E-state index in [1.807, 2.05) is 18.2 Å². The van der Waals surface area contributed by atoms with Crippen LogP contribution < -0.4 is 5.32 Å². The summed E-state index contributed by atoms with van der Waals surface area (Å²) in [5, 5.41) is 3.44. The summed E-state index contributed by atoms with van der Waals surface area (Å²) in [4.78, 5) is 16.6. The van der Waals surface area contributed by atoms with Crippen LogP contribution in [0.3, 0.4) is 0 Å². The molecule has 0 unspecified atom stereocenters. The Labute approximate surface area is 122 Å². The van der Waals surface area contributed by atoms with Gasteiger partial charge in [-0.25, -0.2) is 15.0 Å². The first-order valence-electron chi connectivity index (χ1n) is 7.33. The maximum absolute atomic E-state index is 4.68. The third-order valence-electron chi connectivity index (χ3n) is 3.92. The van der Waals surface area contributed by atoms with Crippen molar-refractivity contribution in [1.29, 1.82) is 0 Å². The highest BCUT2D eigenvalue weighted by Crippen LogP contribution is 2.39. The zero-order chi connectivity index (χ0) is 14.2. The summed E-state index contributed by atoms with van der Waals surface area (Å²) in [5.74, 6) is 2.42. The molecule has 5 nitrogen and oxygen atoms in total. The lowest BCUT2D eigenvalue weighted by atomic mass is 10.1. The van der Waals surface area contributed by atoms with Gasteiger partial charge in [-0.05, 0) is 25.3 Å². The minimum atomic E-state index is 0.172. The lowest BCUT2D eigenvalue weighted by Crippen LogP contribution is -2.08. The molecule has 1 fully saturated rings. The molecule has 1 aliphatic carbocycles. The molecule has 1 aliphatic rings. The van der Waals surface area contributed by atoms with Crippen molar-refractivity contribution in [3.63, 3.8) is 0 Å². The van der Waals surface area contributed by atoms with Crippen molar-refractivity contribution < 1.29 is 0 Å². The van der Waals surface area contributed by atoms with E-state index in [0.29, 0.717) is 5.92 Å². The monoisotopic (exact) mass is 279 g/mol. The molecule has 5 heteroatoms. The average Bonchev–Trinajstić information content (AvgIpc) is 3.28. The van der Waals surface area contributed by atoms with Gasteiger partial charge in [0.2, 0.25) is 0 Å². The van der Waals surface area contributed by atoms with E-state index in [2.05, 4.69) is 44.3 Å². The predicted octanol–water partition coefficient (Wildman–Crippen LogP) is 3.40. The zero-order valence-corrected chi connectivity index (χ0v) is 11.9. The standard InChI is InChI=1S/C16H17N5/c1-10(11-5-3-2-4-6-11)19-15-13-16(18-9-17-15)21-14(20-13)12-7-8-12/h2-6,9-10,12H,7-8H2,1H3,(H2,17,18,19,20,21)/t10-/m0/s1. The second-order valence-electron chi connectivity index (χ2n) is 5.59. The molecular formula is C16H17N5. The fourth-order valence-corrected chi connectivity index (χ4v) is 2.53. The molecule has 2 N–H and O–H groups in total. The second-order valence-corrected chi connectivity index (χ2v) is 5.59. The highest BCUT2D eigenvalue weighted by Gasteiger charge is 2.27. The first-order valence-corrected chi connectivity index (χ1v) is 7.33. The van der Waals surface area contributed by atoms with Crippen LogP contribution in [-0.4, -0.2) is 19.9 Å². The molecule has 1 saturated carbocycles. The highest BCUT2D eigenvalue weighted by molar-refractivity contribution is 5.82. The number of fused-ring (bicyclic) bond motifs is 1. The Kier molecular flexibility index (Phi) is 2.84. The van der Waals surface area contributed by atoms with Gasteiger partial charge in [0.25, 0.3) is 0 Å². The number of nitrogens with one attached hydrogen (secondary N) is 2. The number of aromatic amines is 1. The Morgan fingerprint density at radius 3 is 2.76 bits per heavy atom. The molecule has 1 aromatic carbocycles. The molecule has 4 rings (SSSR count). The van der Waals surface area contributed by atoms with E-state index in [4.69, 9.17) is 0 Å². The number of aromatic nitrogens is 4. The molecule has 0 amide bonds. The van der Waals surface area contributed by atoms with Gasteiger partial charge in [-0.2, -0.15) is 0 Å². The van der Waals surface area contributed by atoms with Crippen molar-refractivity contribution in [2.75, 3.05) is 5.32 Å². The van der Waals surface area contributed by atoms with Crippen LogP contribution in [0, 0.1) is 0 Å². The summed E-state index contributed by atoms with van der Waals surface area (Å²) in [7, 11) is 0. The largest absolute Gasteiger partial charge is 0.362 e. The molecule has 2 aromatic heterocycles. The average molecular weight is 279 g/mol. The van der Waals surface area contributed by atoms with E-state index >= 15 is 0 Å². The normalized spacial score (nSPS) is 16.0. The van der Waals surface area contributed by atoms with E-state index in [9.17, 15) is 0 Å². The van der Waals surface area contributed by atoms with Gasteiger partial charge in [-0.3, -0.25) is 0 Å². The maximum atomic E-state index is 4.68. The van der Waals surface area contributed by atoms with Crippen molar-refractivity contribution >= 4 is 17.0 Å². The number of H-pyrrole nitrogens is 1. The van der Waals surface area contributed by atoms with Crippen molar-refractivity contribution in [3.05, 3.63) is 48.0 Å². The summed E-state index contributed by atoms with van der Waals surface area (Å²) < 4.78 is 0. The van der Waals surface area contributed by atoms with Gasteiger partial charge in [0.1, 0.15) is 12.2 Å². The number of imidazole rings is 1. The van der Waals surface area contributed by atoms with Gasteiger partial charge in [0.05, 0.1) is 6.04 Å². The number of anilines is 1. The Morgan fingerprint density at radius 1 is 1.19 bits per heavy atom. The molecule has 2 heterocycles. The van der Waals surface area contributed by atoms with Crippen LogP contribution in [-0.2, 0) is 0 Å². The fourth-order valence-electron chi connectivity index (χ4n) is 2.53. The van der Waals surface area contributed by atoms with Gasteiger partial charge in [0, 0.05) is 5.92 Å². The molecule has 3 aromatic rings. The van der Waals surface area contributed by atoms with Crippen LogP contribution in [0.5, 0.6) is 0 Å². The Balaban J connectivity index is 1.66. The van der Waals surface area contributed by atoms with Crippen LogP contribution in [0.4, 0.5) is 5.82 Å². The molecule has 0 saturated heterocycles. The number of rotatable bonds is 4. The van der Waals surface area contributed by atoms with Gasteiger partial charge >= 0.3 is 0 Å². The van der Waals surface area contributed by atoms with Crippen LogP contribution in [0.15, 0.2) is 36.7 Å². The van der Waals surface area contributed by atoms with Crippen LogP contribution >= 0.6 is 0 Å². The number of hydrogen-bond donors (Lipinski definition) is 2. The Morgan fingerprint density at radius 2 is 2.00 bits per heavy atom. The molecule has 0 aliphatic heterocycles. The van der Waals surface area contributed by atoms with Crippen LogP contribution in [0.1, 0.15) is 43.1 Å². The van der Waals surface area contributed by atoms with E-state index < -0.39 is 0 Å². The maximum Gasteiger partial charge on any atom is 0.163 e. The molecule has 0 bridgehead atoms. The Bertz CT molecular complexity index is 761. The lowest BCUT2D eigenvalue weighted by Gasteiger charge is -2.14. The van der Waals surface area contributed by atoms with Gasteiger partial charge in [-0.15, -0.1) is 0 Å². The van der Waals surface area contributed by atoms with E-state index in [1.54, 1.807) is 6.33 Å². The lowest BCUT2D eigenvalue weighted by molar-refractivity contribution is 0.875.